The van der Waals surface area contributed by atoms with Crippen LogP contribution in [0.1, 0.15) is 33.6 Å². The molecule has 0 bridgehead atoms. The number of nitrogens with two attached hydrogens (primary N) is 2. The topological polar surface area (TPSA) is 52.0 Å². The molecule has 2 heteroatoms. The van der Waals surface area contributed by atoms with E-state index in [1.807, 2.05) is 0 Å². The minimum atomic E-state index is -0.0973. The minimum Gasteiger partial charge on any atom is -0.316 e. The Kier molecular flexibility index (Phi) is 9.36. The number of hydrogen-bond donors (Lipinski definition) is 2. The fourth-order valence-corrected chi connectivity index (χ4v) is 0.440. The van der Waals surface area contributed by atoms with E-state index in [2.05, 4.69) is 6.92 Å². The molecule has 0 fully saturated rings. The molecule has 4 N–H and O–H groups in total. The van der Waals surface area contributed by atoms with Crippen LogP contribution in [0.15, 0.2) is 0 Å². The summed E-state index contributed by atoms with van der Waals surface area (Å²) in [5.41, 5.74) is 10.5. The quantitative estimate of drug-likeness (QED) is 0.544. The molecule has 0 spiro atoms. The average Bonchev–Trinajstić information content (AvgIpc) is 1.61. The van der Waals surface area contributed by atoms with Crippen LogP contribution in [-0.4, -0.2) is 6.17 Å². The first-order valence-corrected chi connectivity index (χ1v) is 2.78. The van der Waals surface area contributed by atoms with Crippen LogP contribution in [0.2, 0.25) is 0 Å². The zero-order chi connectivity index (χ0) is 5.70. The Morgan fingerprint density at radius 1 is 1.38 bits per heavy atom. The van der Waals surface area contributed by atoms with Crippen molar-refractivity contribution in [3.8, 4) is 0 Å². The zero-order valence-corrected chi connectivity index (χ0v) is 4.85. The van der Waals surface area contributed by atoms with Gasteiger partial charge in [-0.2, -0.15) is 0 Å². The first-order chi connectivity index (χ1) is 3.27. The van der Waals surface area contributed by atoms with Gasteiger partial charge in [0, 0.05) is 0 Å². The Balaban J connectivity index is 0. The molecule has 52 valence electrons. The van der Waals surface area contributed by atoms with Crippen molar-refractivity contribution >= 4 is 0 Å². The molecular weight excluding hydrogens is 100 g/mol. The van der Waals surface area contributed by atoms with Crippen molar-refractivity contribution in [3.63, 3.8) is 0 Å². The van der Waals surface area contributed by atoms with Crippen LogP contribution in [0.25, 0.3) is 0 Å². The van der Waals surface area contributed by atoms with Crippen molar-refractivity contribution in [1.82, 2.24) is 0 Å². The van der Waals surface area contributed by atoms with Gasteiger partial charge in [0.15, 0.2) is 0 Å². The molecule has 0 atom stereocenters. The van der Waals surface area contributed by atoms with Crippen LogP contribution in [0.4, 0.5) is 0 Å². The molecule has 0 amide bonds. The van der Waals surface area contributed by atoms with Gasteiger partial charge in [0.2, 0.25) is 0 Å². The largest absolute Gasteiger partial charge is 0.316 e. The molecule has 0 rings (SSSR count). The van der Waals surface area contributed by atoms with Crippen LogP contribution < -0.4 is 11.5 Å². The van der Waals surface area contributed by atoms with E-state index in [1.54, 1.807) is 0 Å². The predicted molar refractivity (Wildman–Crippen MR) is 38.4 cm³/mol. The lowest BCUT2D eigenvalue weighted by Gasteiger charge is -2.00. The van der Waals surface area contributed by atoms with E-state index in [9.17, 15) is 0 Å². The third-order valence-electron chi connectivity index (χ3n) is 0.891. The highest BCUT2D eigenvalue weighted by molar-refractivity contribution is 4.48. The number of rotatable bonds is 3. The summed E-state index contributed by atoms with van der Waals surface area (Å²) in [5, 5.41) is 0. The summed E-state index contributed by atoms with van der Waals surface area (Å²) in [4.78, 5) is 0. The van der Waals surface area contributed by atoms with Gasteiger partial charge in [-0.25, -0.2) is 0 Å². The average molecular weight is 118 g/mol. The zero-order valence-electron chi connectivity index (χ0n) is 4.85. The van der Waals surface area contributed by atoms with Crippen LogP contribution in [-0.2, 0) is 0 Å². The second-order valence-corrected chi connectivity index (χ2v) is 1.81. The van der Waals surface area contributed by atoms with Gasteiger partial charge < -0.3 is 11.5 Å². The molecule has 0 heterocycles. The highest BCUT2D eigenvalue weighted by Gasteiger charge is 1.88. The lowest BCUT2D eigenvalue weighted by Crippen LogP contribution is -2.29. The van der Waals surface area contributed by atoms with Crippen molar-refractivity contribution in [1.29, 1.82) is 0 Å². The minimum absolute atomic E-state index is 0. The van der Waals surface area contributed by atoms with E-state index in [0.29, 0.717) is 0 Å². The lowest BCUT2D eigenvalue weighted by atomic mass is 10.2. The van der Waals surface area contributed by atoms with Gasteiger partial charge in [-0.3, -0.25) is 0 Å². The standard InChI is InChI=1S/C5H14N2.CH4/c1-2-3-4-5(6)7;/h5H,2-4,6-7H2,1H3;1H4. The molecule has 0 saturated heterocycles. The monoisotopic (exact) mass is 118 g/mol. The van der Waals surface area contributed by atoms with Crippen molar-refractivity contribution in [2.45, 2.75) is 39.8 Å². The summed E-state index contributed by atoms with van der Waals surface area (Å²) in [6.07, 6.45) is 3.19. The third kappa shape index (κ3) is 9.33. The maximum absolute atomic E-state index is 5.26. The van der Waals surface area contributed by atoms with Gasteiger partial charge in [-0.05, 0) is 6.42 Å². The molecule has 0 unspecified atom stereocenters. The van der Waals surface area contributed by atoms with E-state index in [-0.39, 0.29) is 13.6 Å². The fourth-order valence-electron chi connectivity index (χ4n) is 0.440. The van der Waals surface area contributed by atoms with Crippen molar-refractivity contribution in [3.05, 3.63) is 0 Å². The maximum Gasteiger partial charge on any atom is 0.0520 e. The molecular formula is C6H18N2. The molecule has 0 aromatic rings. The second-order valence-electron chi connectivity index (χ2n) is 1.81. The van der Waals surface area contributed by atoms with E-state index >= 15 is 0 Å². The van der Waals surface area contributed by atoms with Gasteiger partial charge in [0.05, 0.1) is 6.17 Å². The summed E-state index contributed by atoms with van der Waals surface area (Å²) in [5.74, 6) is 0. The molecule has 0 aliphatic heterocycles. The lowest BCUT2D eigenvalue weighted by molar-refractivity contribution is 0.595. The maximum atomic E-state index is 5.26. The Morgan fingerprint density at radius 3 is 2.00 bits per heavy atom. The molecule has 0 saturated carbocycles. The van der Waals surface area contributed by atoms with Crippen LogP contribution in [0, 0.1) is 0 Å². The third-order valence-corrected chi connectivity index (χ3v) is 0.891. The highest BCUT2D eigenvalue weighted by Crippen LogP contribution is 1.91. The number of hydrogen-bond acceptors (Lipinski definition) is 2. The van der Waals surface area contributed by atoms with Crippen LogP contribution in [0.3, 0.4) is 0 Å². The van der Waals surface area contributed by atoms with Crippen molar-refractivity contribution < 1.29 is 0 Å². The molecule has 0 aliphatic rings. The SMILES string of the molecule is C.CCCCC(N)N. The van der Waals surface area contributed by atoms with Gasteiger partial charge in [-0.1, -0.05) is 27.2 Å². The summed E-state index contributed by atoms with van der Waals surface area (Å²) in [7, 11) is 0. The normalized spacial score (nSPS) is 9.00. The van der Waals surface area contributed by atoms with Gasteiger partial charge in [0.1, 0.15) is 0 Å². The van der Waals surface area contributed by atoms with Gasteiger partial charge >= 0.3 is 0 Å². The fraction of sp³-hybridized carbons (Fsp3) is 1.00. The van der Waals surface area contributed by atoms with E-state index in [0.717, 1.165) is 12.8 Å². The summed E-state index contributed by atoms with van der Waals surface area (Å²) in [6.45, 7) is 2.13. The Bertz CT molecular complexity index is 35.5. The van der Waals surface area contributed by atoms with Gasteiger partial charge in [-0.15, -0.1) is 0 Å². The molecule has 2 nitrogen and oxygen atoms in total. The molecule has 0 aliphatic carbocycles. The van der Waals surface area contributed by atoms with Crippen LogP contribution >= 0.6 is 0 Å². The predicted octanol–water partition coefficient (Wildman–Crippen LogP) is 1.06. The first-order valence-electron chi connectivity index (χ1n) is 2.78. The second kappa shape index (κ2) is 6.92. The summed E-state index contributed by atoms with van der Waals surface area (Å²) in [6, 6.07) is 0. The molecule has 8 heavy (non-hydrogen) atoms. The first kappa shape index (κ1) is 10.8. The molecule has 0 radical (unpaired) electrons. The van der Waals surface area contributed by atoms with E-state index in [4.69, 9.17) is 11.5 Å². The van der Waals surface area contributed by atoms with Crippen molar-refractivity contribution in [2.75, 3.05) is 0 Å². The molecule has 0 aromatic carbocycles. The van der Waals surface area contributed by atoms with Gasteiger partial charge in [0.25, 0.3) is 0 Å². The smallest absolute Gasteiger partial charge is 0.0520 e. The highest BCUT2D eigenvalue weighted by atomic mass is 14.8. The van der Waals surface area contributed by atoms with Crippen LogP contribution in [0.5, 0.6) is 0 Å². The molecule has 0 aromatic heterocycles. The van der Waals surface area contributed by atoms with E-state index in [1.165, 1.54) is 6.42 Å². The number of unbranched alkanes of at least 4 members (excludes halogenated alkanes) is 1. The Labute approximate surface area is 52.2 Å². The summed E-state index contributed by atoms with van der Waals surface area (Å²) < 4.78 is 0. The summed E-state index contributed by atoms with van der Waals surface area (Å²) >= 11 is 0. The Morgan fingerprint density at radius 2 is 1.88 bits per heavy atom. The van der Waals surface area contributed by atoms with Crippen molar-refractivity contribution in [2.24, 2.45) is 11.5 Å². The Hall–Kier alpha value is -0.0800. The van der Waals surface area contributed by atoms with E-state index < -0.39 is 0 Å².